The third-order valence-corrected chi connectivity index (χ3v) is 2.65. The van der Waals surface area contributed by atoms with Crippen LogP contribution >= 0.6 is 0 Å². The van der Waals surface area contributed by atoms with Gasteiger partial charge in [-0.25, -0.2) is 8.78 Å². The van der Waals surface area contributed by atoms with E-state index in [1.807, 2.05) is 6.92 Å². The lowest BCUT2D eigenvalue weighted by atomic mass is 10.0. The fourth-order valence-corrected chi connectivity index (χ4v) is 1.44. The smallest absolute Gasteiger partial charge is 0.317 e. The highest BCUT2D eigenvalue weighted by Crippen LogP contribution is 2.34. The van der Waals surface area contributed by atoms with E-state index in [9.17, 15) is 17.6 Å². The van der Waals surface area contributed by atoms with Crippen LogP contribution in [-0.2, 0) is 12.3 Å². The maximum atomic E-state index is 13.0. The van der Waals surface area contributed by atoms with Crippen molar-refractivity contribution >= 4 is 0 Å². The van der Waals surface area contributed by atoms with Gasteiger partial charge >= 0.3 is 12.3 Å². The first-order valence-corrected chi connectivity index (χ1v) is 5.30. The second-order valence-corrected chi connectivity index (χ2v) is 4.01. The number of hydrogen-bond donors (Lipinski definition) is 1. The van der Waals surface area contributed by atoms with Crippen molar-refractivity contribution < 1.29 is 17.6 Å². The summed E-state index contributed by atoms with van der Waals surface area (Å²) in [5.74, 6) is -4.08. The third-order valence-electron chi connectivity index (χ3n) is 2.65. The van der Waals surface area contributed by atoms with E-state index in [0.717, 1.165) is 17.7 Å². The Kier molecular flexibility index (Phi) is 4.51. The highest BCUT2D eigenvalue weighted by Gasteiger charge is 2.42. The Bertz CT molecular complexity index is 348. The molecule has 0 amide bonds. The van der Waals surface area contributed by atoms with Crippen molar-refractivity contribution in [2.75, 3.05) is 7.05 Å². The van der Waals surface area contributed by atoms with E-state index in [1.54, 1.807) is 7.05 Å². The van der Waals surface area contributed by atoms with Crippen LogP contribution in [0.15, 0.2) is 24.3 Å². The Labute approximate surface area is 97.8 Å². The molecule has 0 aromatic heterocycles. The Morgan fingerprint density at radius 1 is 1.18 bits per heavy atom. The maximum Gasteiger partial charge on any atom is 0.332 e. The summed E-state index contributed by atoms with van der Waals surface area (Å²) >= 11 is 0. The van der Waals surface area contributed by atoms with Gasteiger partial charge in [-0.1, -0.05) is 24.3 Å². The molecular formula is C12H15F4N. The summed E-state index contributed by atoms with van der Waals surface area (Å²) in [4.78, 5) is 0. The van der Waals surface area contributed by atoms with E-state index >= 15 is 0 Å². The highest BCUT2D eigenvalue weighted by molar-refractivity contribution is 5.26. The van der Waals surface area contributed by atoms with Gasteiger partial charge in [-0.15, -0.1) is 0 Å². The first-order chi connectivity index (χ1) is 7.87. The minimum Gasteiger partial charge on any atom is -0.317 e. The van der Waals surface area contributed by atoms with E-state index in [-0.39, 0.29) is 6.04 Å². The van der Waals surface area contributed by atoms with E-state index in [2.05, 4.69) is 5.32 Å². The molecule has 1 atom stereocenters. The van der Waals surface area contributed by atoms with Crippen LogP contribution in [0.4, 0.5) is 17.6 Å². The molecule has 1 rings (SSSR count). The van der Waals surface area contributed by atoms with Crippen LogP contribution in [0.25, 0.3) is 0 Å². The molecule has 0 heterocycles. The molecule has 0 aliphatic heterocycles. The SMILES string of the molecule is CNC(C)Cc1ccc(C(F)(F)C(F)F)cc1. The molecule has 96 valence electrons. The van der Waals surface area contributed by atoms with Crippen molar-refractivity contribution in [2.45, 2.75) is 31.7 Å². The zero-order chi connectivity index (χ0) is 13.1. The predicted molar refractivity (Wildman–Crippen MR) is 58.6 cm³/mol. The van der Waals surface area contributed by atoms with Crippen LogP contribution in [0.3, 0.4) is 0 Å². The van der Waals surface area contributed by atoms with Crippen LogP contribution in [0.1, 0.15) is 18.1 Å². The molecule has 0 aliphatic rings. The van der Waals surface area contributed by atoms with E-state index < -0.39 is 17.9 Å². The molecular weight excluding hydrogens is 234 g/mol. The molecule has 0 radical (unpaired) electrons. The predicted octanol–water partition coefficient (Wildman–Crippen LogP) is 3.19. The van der Waals surface area contributed by atoms with Gasteiger partial charge in [-0.05, 0) is 26.0 Å². The van der Waals surface area contributed by atoms with E-state index in [0.29, 0.717) is 6.42 Å². The number of hydrogen-bond acceptors (Lipinski definition) is 1. The lowest BCUT2D eigenvalue weighted by Crippen LogP contribution is -2.24. The molecule has 1 aromatic carbocycles. The zero-order valence-electron chi connectivity index (χ0n) is 9.68. The van der Waals surface area contributed by atoms with Crippen molar-refractivity contribution in [1.29, 1.82) is 0 Å². The normalized spacial score (nSPS) is 14.1. The molecule has 1 N–H and O–H groups in total. The van der Waals surface area contributed by atoms with E-state index in [4.69, 9.17) is 0 Å². The molecule has 0 bridgehead atoms. The van der Waals surface area contributed by atoms with E-state index in [1.165, 1.54) is 12.1 Å². The molecule has 0 saturated carbocycles. The van der Waals surface area contributed by atoms with Crippen LogP contribution in [-0.4, -0.2) is 19.5 Å². The maximum absolute atomic E-state index is 13.0. The third kappa shape index (κ3) is 3.43. The second-order valence-electron chi connectivity index (χ2n) is 4.01. The van der Waals surface area contributed by atoms with Gasteiger partial charge < -0.3 is 5.32 Å². The molecule has 1 aromatic rings. The number of alkyl halides is 4. The Hall–Kier alpha value is -1.10. The Morgan fingerprint density at radius 2 is 1.71 bits per heavy atom. The number of halogens is 4. The van der Waals surface area contributed by atoms with Gasteiger partial charge in [0.05, 0.1) is 0 Å². The lowest BCUT2D eigenvalue weighted by Gasteiger charge is -2.16. The van der Waals surface area contributed by atoms with Crippen molar-refractivity contribution in [3.63, 3.8) is 0 Å². The second kappa shape index (κ2) is 5.49. The van der Waals surface area contributed by atoms with Crippen LogP contribution in [0.5, 0.6) is 0 Å². The molecule has 5 heteroatoms. The summed E-state index contributed by atoms with van der Waals surface area (Å²) < 4.78 is 50.2. The minimum atomic E-state index is -4.08. The van der Waals surface area contributed by atoms with Crippen molar-refractivity contribution in [2.24, 2.45) is 0 Å². The van der Waals surface area contributed by atoms with Gasteiger partial charge in [-0.3, -0.25) is 0 Å². The lowest BCUT2D eigenvalue weighted by molar-refractivity contribution is -0.135. The molecule has 0 fully saturated rings. The fourth-order valence-electron chi connectivity index (χ4n) is 1.44. The number of rotatable bonds is 5. The molecule has 1 nitrogen and oxygen atoms in total. The van der Waals surface area contributed by atoms with Crippen molar-refractivity contribution in [3.8, 4) is 0 Å². The Balaban J connectivity index is 2.81. The Morgan fingerprint density at radius 3 is 2.12 bits per heavy atom. The fraction of sp³-hybridized carbons (Fsp3) is 0.500. The summed E-state index contributed by atoms with van der Waals surface area (Å²) in [6.45, 7) is 1.95. The van der Waals surface area contributed by atoms with Gasteiger partial charge in [-0.2, -0.15) is 8.78 Å². The summed E-state index contributed by atoms with van der Waals surface area (Å²) in [5.41, 5.74) is 0.189. The van der Waals surface area contributed by atoms with Crippen LogP contribution in [0.2, 0.25) is 0 Å². The summed E-state index contributed by atoms with van der Waals surface area (Å²) in [7, 11) is 1.80. The molecule has 0 aliphatic carbocycles. The number of nitrogens with one attached hydrogen (secondary N) is 1. The first kappa shape index (κ1) is 14.0. The van der Waals surface area contributed by atoms with Gasteiger partial charge in [0.25, 0.3) is 0 Å². The molecule has 1 unspecified atom stereocenters. The molecule has 17 heavy (non-hydrogen) atoms. The number of likely N-dealkylation sites (N-methyl/N-ethyl adjacent to an activating group) is 1. The molecule has 0 saturated heterocycles. The highest BCUT2D eigenvalue weighted by atomic mass is 19.3. The topological polar surface area (TPSA) is 12.0 Å². The molecule has 0 spiro atoms. The summed E-state index contributed by atoms with van der Waals surface area (Å²) in [6.07, 6.45) is -3.01. The standard InChI is InChI=1S/C12H15F4N/c1-8(17-2)7-9-3-5-10(6-4-9)12(15,16)11(13)14/h3-6,8,11,17H,7H2,1-2H3. The van der Waals surface area contributed by atoms with Gasteiger partial charge in [0.15, 0.2) is 0 Å². The van der Waals surface area contributed by atoms with Gasteiger partial charge in [0.2, 0.25) is 0 Å². The number of benzene rings is 1. The van der Waals surface area contributed by atoms with Crippen LogP contribution < -0.4 is 5.32 Å². The van der Waals surface area contributed by atoms with Crippen molar-refractivity contribution in [1.82, 2.24) is 5.32 Å². The minimum absolute atomic E-state index is 0.205. The average Bonchev–Trinajstić information content (AvgIpc) is 2.29. The van der Waals surface area contributed by atoms with Gasteiger partial charge in [0.1, 0.15) is 0 Å². The quantitative estimate of drug-likeness (QED) is 0.790. The largest absolute Gasteiger partial charge is 0.332 e. The van der Waals surface area contributed by atoms with Gasteiger partial charge in [0, 0.05) is 11.6 Å². The summed E-state index contributed by atoms with van der Waals surface area (Å²) in [5, 5.41) is 3.01. The summed E-state index contributed by atoms with van der Waals surface area (Å²) in [6, 6.07) is 5.24. The average molecular weight is 249 g/mol. The zero-order valence-corrected chi connectivity index (χ0v) is 9.68. The van der Waals surface area contributed by atoms with Crippen molar-refractivity contribution in [3.05, 3.63) is 35.4 Å². The monoisotopic (exact) mass is 249 g/mol. The first-order valence-electron chi connectivity index (χ1n) is 5.30. The van der Waals surface area contributed by atoms with Crippen LogP contribution in [0, 0.1) is 0 Å².